The lowest BCUT2D eigenvalue weighted by Crippen LogP contribution is -2.27. The van der Waals surface area contributed by atoms with Crippen molar-refractivity contribution < 1.29 is 0 Å². The van der Waals surface area contributed by atoms with E-state index in [9.17, 15) is 0 Å². The molecule has 1 fully saturated rings. The Morgan fingerprint density at radius 1 is 1.50 bits per heavy atom. The van der Waals surface area contributed by atoms with Crippen molar-refractivity contribution in [3.8, 4) is 0 Å². The largest absolute Gasteiger partial charge is 0.328 e. The first-order chi connectivity index (χ1) is 5.68. The summed E-state index contributed by atoms with van der Waals surface area (Å²) in [5, 5.41) is 0. The zero-order chi connectivity index (χ0) is 8.97. The van der Waals surface area contributed by atoms with Gasteiger partial charge in [-0.1, -0.05) is 18.4 Å². The minimum atomic E-state index is 0.480. The average Bonchev–Trinajstić information content (AvgIpc) is 2.01. The highest BCUT2D eigenvalue weighted by molar-refractivity contribution is 4.89. The fraction of sp³-hybridized carbons (Fsp3) is 0.818. The molecule has 1 saturated carbocycles. The molecule has 0 saturated heterocycles. The minimum Gasteiger partial charge on any atom is -0.328 e. The van der Waals surface area contributed by atoms with Gasteiger partial charge in [-0.25, -0.2) is 0 Å². The van der Waals surface area contributed by atoms with E-state index in [0.717, 1.165) is 5.92 Å². The Hall–Kier alpha value is -0.300. The topological polar surface area (TPSA) is 26.0 Å². The third-order valence-electron chi connectivity index (χ3n) is 2.80. The molecule has 0 bridgehead atoms. The highest BCUT2D eigenvalue weighted by atomic mass is 14.6. The van der Waals surface area contributed by atoms with Crippen LogP contribution in [0.3, 0.4) is 0 Å². The molecular weight excluding hydrogens is 146 g/mol. The van der Waals surface area contributed by atoms with Gasteiger partial charge in [0.25, 0.3) is 0 Å². The summed E-state index contributed by atoms with van der Waals surface area (Å²) in [5.41, 5.74) is 7.22. The first kappa shape index (κ1) is 9.79. The zero-order valence-electron chi connectivity index (χ0n) is 8.18. The van der Waals surface area contributed by atoms with Crippen LogP contribution in [0.1, 0.15) is 45.4 Å². The molecule has 0 aromatic heterocycles. The van der Waals surface area contributed by atoms with Gasteiger partial charge in [-0.2, -0.15) is 0 Å². The van der Waals surface area contributed by atoms with E-state index in [1.807, 2.05) is 0 Å². The molecule has 2 unspecified atom stereocenters. The number of hydrogen-bond acceptors (Lipinski definition) is 1. The van der Waals surface area contributed by atoms with Gasteiger partial charge in [0.05, 0.1) is 0 Å². The minimum absolute atomic E-state index is 0.480. The van der Waals surface area contributed by atoms with E-state index in [1.54, 1.807) is 0 Å². The highest BCUT2D eigenvalue weighted by Crippen LogP contribution is 2.27. The normalized spacial score (nSPS) is 30.2. The lowest BCUT2D eigenvalue weighted by molar-refractivity contribution is 0.307. The van der Waals surface area contributed by atoms with E-state index >= 15 is 0 Å². The summed E-state index contributed by atoms with van der Waals surface area (Å²) >= 11 is 0. The molecule has 70 valence electrons. The van der Waals surface area contributed by atoms with Crippen LogP contribution in [0.4, 0.5) is 0 Å². The summed E-state index contributed by atoms with van der Waals surface area (Å²) in [6.45, 7) is 6.04. The van der Waals surface area contributed by atoms with Crippen LogP contribution in [-0.4, -0.2) is 6.04 Å². The van der Waals surface area contributed by atoms with Crippen LogP contribution < -0.4 is 5.73 Å². The second kappa shape index (κ2) is 4.66. The molecule has 0 amide bonds. The second-order valence-electron chi connectivity index (χ2n) is 4.29. The van der Waals surface area contributed by atoms with Crippen molar-refractivity contribution in [2.75, 3.05) is 0 Å². The third-order valence-corrected chi connectivity index (χ3v) is 2.80. The van der Waals surface area contributed by atoms with E-state index in [-0.39, 0.29) is 0 Å². The summed E-state index contributed by atoms with van der Waals surface area (Å²) in [4.78, 5) is 0. The molecule has 1 rings (SSSR count). The summed E-state index contributed by atoms with van der Waals surface area (Å²) < 4.78 is 0. The first-order valence-corrected chi connectivity index (χ1v) is 5.08. The maximum atomic E-state index is 5.91. The molecule has 1 aliphatic carbocycles. The van der Waals surface area contributed by atoms with E-state index < -0.39 is 0 Å². The molecule has 2 N–H and O–H groups in total. The van der Waals surface area contributed by atoms with Gasteiger partial charge in [0.15, 0.2) is 0 Å². The molecule has 0 spiro atoms. The van der Waals surface area contributed by atoms with Crippen LogP contribution in [0.25, 0.3) is 0 Å². The van der Waals surface area contributed by atoms with Crippen LogP contribution >= 0.6 is 0 Å². The van der Waals surface area contributed by atoms with Gasteiger partial charge < -0.3 is 5.73 Å². The van der Waals surface area contributed by atoms with Gasteiger partial charge in [0, 0.05) is 6.04 Å². The summed E-state index contributed by atoms with van der Waals surface area (Å²) in [6, 6.07) is 0.480. The van der Waals surface area contributed by atoms with Crippen LogP contribution in [0.2, 0.25) is 0 Å². The third kappa shape index (κ3) is 3.40. The Balaban J connectivity index is 2.18. The summed E-state index contributed by atoms with van der Waals surface area (Å²) in [5.74, 6) is 0.880. The smallest absolute Gasteiger partial charge is 0.00414 e. The molecule has 0 aromatic rings. The number of rotatable bonds is 3. The van der Waals surface area contributed by atoms with E-state index in [1.165, 1.54) is 44.1 Å². The Morgan fingerprint density at radius 2 is 2.25 bits per heavy atom. The molecule has 0 radical (unpaired) electrons. The maximum absolute atomic E-state index is 5.91. The van der Waals surface area contributed by atoms with E-state index in [2.05, 4.69) is 13.5 Å². The highest BCUT2D eigenvalue weighted by Gasteiger charge is 2.18. The number of nitrogens with two attached hydrogens (primary N) is 1. The van der Waals surface area contributed by atoms with Crippen molar-refractivity contribution in [2.45, 2.75) is 51.5 Å². The van der Waals surface area contributed by atoms with Crippen LogP contribution in [0.5, 0.6) is 0 Å². The quantitative estimate of drug-likeness (QED) is 0.643. The average molecular weight is 167 g/mol. The van der Waals surface area contributed by atoms with Crippen molar-refractivity contribution in [2.24, 2.45) is 11.7 Å². The Bertz CT molecular complexity index is 151. The monoisotopic (exact) mass is 167 g/mol. The molecule has 0 aliphatic heterocycles. The lowest BCUT2D eigenvalue weighted by Gasteiger charge is -2.26. The second-order valence-corrected chi connectivity index (χ2v) is 4.29. The van der Waals surface area contributed by atoms with Crippen molar-refractivity contribution >= 4 is 0 Å². The zero-order valence-corrected chi connectivity index (χ0v) is 8.18. The van der Waals surface area contributed by atoms with Gasteiger partial charge in [0.2, 0.25) is 0 Å². The van der Waals surface area contributed by atoms with Crippen molar-refractivity contribution in [1.82, 2.24) is 0 Å². The molecule has 0 heterocycles. The van der Waals surface area contributed by atoms with Gasteiger partial charge in [-0.05, 0) is 38.5 Å². The van der Waals surface area contributed by atoms with Gasteiger partial charge >= 0.3 is 0 Å². The SMILES string of the molecule is C=C(C)CCC1CCCC(N)C1. The van der Waals surface area contributed by atoms with E-state index in [4.69, 9.17) is 5.73 Å². The maximum Gasteiger partial charge on any atom is 0.00414 e. The van der Waals surface area contributed by atoms with Gasteiger partial charge in [0.1, 0.15) is 0 Å². The molecule has 1 heteroatoms. The molecule has 1 aliphatic rings. The molecule has 12 heavy (non-hydrogen) atoms. The van der Waals surface area contributed by atoms with Gasteiger partial charge in [-0.3, -0.25) is 0 Å². The van der Waals surface area contributed by atoms with Gasteiger partial charge in [-0.15, -0.1) is 6.58 Å². The first-order valence-electron chi connectivity index (χ1n) is 5.08. The molecule has 1 nitrogen and oxygen atoms in total. The molecular formula is C11H21N. The summed E-state index contributed by atoms with van der Waals surface area (Å²) in [7, 11) is 0. The Kier molecular flexibility index (Phi) is 3.80. The standard InChI is InChI=1S/C11H21N/c1-9(2)6-7-10-4-3-5-11(12)8-10/h10-11H,1,3-8,12H2,2H3. The Morgan fingerprint density at radius 3 is 2.83 bits per heavy atom. The predicted molar refractivity (Wildman–Crippen MR) is 54.0 cm³/mol. The lowest BCUT2D eigenvalue weighted by atomic mass is 9.83. The Labute approximate surface area is 76.0 Å². The number of allylic oxidation sites excluding steroid dienone is 1. The van der Waals surface area contributed by atoms with Crippen LogP contribution in [0, 0.1) is 5.92 Å². The van der Waals surface area contributed by atoms with Crippen molar-refractivity contribution in [3.63, 3.8) is 0 Å². The molecule has 0 aromatic carbocycles. The summed E-state index contributed by atoms with van der Waals surface area (Å²) in [6.07, 6.45) is 7.71. The predicted octanol–water partition coefficient (Wildman–Crippen LogP) is 2.86. The van der Waals surface area contributed by atoms with E-state index in [0.29, 0.717) is 6.04 Å². The molecule has 2 atom stereocenters. The fourth-order valence-electron chi connectivity index (χ4n) is 2.05. The number of hydrogen-bond donors (Lipinski definition) is 1. The fourth-order valence-corrected chi connectivity index (χ4v) is 2.05. The van der Waals surface area contributed by atoms with Crippen LogP contribution in [0.15, 0.2) is 12.2 Å². The van der Waals surface area contributed by atoms with Crippen molar-refractivity contribution in [1.29, 1.82) is 0 Å². The van der Waals surface area contributed by atoms with Crippen LogP contribution in [-0.2, 0) is 0 Å². The van der Waals surface area contributed by atoms with Crippen molar-refractivity contribution in [3.05, 3.63) is 12.2 Å².